The van der Waals surface area contributed by atoms with Gasteiger partial charge in [0.15, 0.2) is 16.6 Å². The molecule has 0 heterocycles. The van der Waals surface area contributed by atoms with Crippen molar-refractivity contribution in [1.82, 2.24) is 5.32 Å². The molecule has 0 saturated heterocycles. The second-order valence-electron chi connectivity index (χ2n) is 5.48. The summed E-state index contributed by atoms with van der Waals surface area (Å²) in [4.78, 5) is 0. The van der Waals surface area contributed by atoms with Crippen molar-refractivity contribution >= 4 is 23.0 Å². The fourth-order valence-corrected chi connectivity index (χ4v) is 2.69. The summed E-state index contributed by atoms with van der Waals surface area (Å²) in [5.74, 6) is 2.29. The number of nitrogens with one attached hydrogen (secondary N) is 2. The van der Waals surface area contributed by atoms with Gasteiger partial charge in [-0.25, -0.2) is 0 Å². The second kappa shape index (κ2) is 10.5. The molecular formula is C20H26N2O3S. The van der Waals surface area contributed by atoms with Crippen LogP contribution in [0.4, 0.5) is 5.69 Å². The van der Waals surface area contributed by atoms with E-state index < -0.39 is 0 Å². The third-order valence-electron chi connectivity index (χ3n) is 3.66. The monoisotopic (exact) mass is 374 g/mol. The van der Waals surface area contributed by atoms with Crippen LogP contribution in [0.15, 0.2) is 42.5 Å². The van der Waals surface area contributed by atoms with Gasteiger partial charge in [-0.05, 0) is 62.3 Å². The Labute approximate surface area is 160 Å². The van der Waals surface area contributed by atoms with E-state index in [2.05, 4.69) is 10.6 Å². The SMILES string of the molecule is CCOc1ccccc1NC(=S)NCCc1ccc(OCC)c(OC)c1. The van der Waals surface area contributed by atoms with Crippen molar-refractivity contribution in [3.8, 4) is 17.2 Å². The molecule has 2 N–H and O–H groups in total. The van der Waals surface area contributed by atoms with E-state index in [1.165, 1.54) is 0 Å². The van der Waals surface area contributed by atoms with E-state index in [4.69, 9.17) is 26.4 Å². The van der Waals surface area contributed by atoms with E-state index in [0.717, 1.165) is 34.9 Å². The number of benzene rings is 2. The highest BCUT2D eigenvalue weighted by Crippen LogP contribution is 2.28. The number of hydrogen-bond acceptors (Lipinski definition) is 4. The van der Waals surface area contributed by atoms with Crippen molar-refractivity contribution in [1.29, 1.82) is 0 Å². The number of thiocarbonyl (C=S) groups is 1. The van der Waals surface area contributed by atoms with Gasteiger partial charge in [0.05, 0.1) is 26.0 Å². The van der Waals surface area contributed by atoms with E-state index >= 15 is 0 Å². The van der Waals surface area contributed by atoms with Gasteiger partial charge in [0.1, 0.15) is 5.75 Å². The summed E-state index contributed by atoms with van der Waals surface area (Å²) in [5, 5.41) is 6.96. The molecule has 26 heavy (non-hydrogen) atoms. The molecule has 0 radical (unpaired) electrons. The van der Waals surface area contributed by atoms with E-state index in [-0.39, 0.29) is 0 Å². The highest BCUT2D eigenvalue weighted by Gasteiger charge is 2.07. The molecule has 2 aromatic rings. The summed E-state index contributed by atoms with van der Waals surface area (Å²) in [5.41, 5.74) is 2.00. The van der Waals surface area contributed by atoms with Gasteiger partial charge < -0.3 is 24.8 Å². The average Bonchev–Trinajstić information content (AvgIpc) is 2.65. The Bertz CT molecular complexity index is 722. The molecule has 0 unspecified atom stereocenters. The molecule has 0 atom stereocenters. The maximum absolute atomic E-state index is 5.59. The summed E-state index contributed by atoms with van der Waals surface area (Å²) < 4.78 is 16.5. The Balaban J connectivity index is 1.87. The maximum Gasteiger partial charge on any atom is 0.170 e. The van der Waals surface area contributed by atoms with Crippen molar-refractivity contribution in [2.45, 2.75) is 20.3 Å². The van der Waals surface area contributed by atoms with Crippen LogP contribution < -0.4 is 24.8 Å². The first-order valence-corrected chi connectivity index (χ1v) is 9.15. The van der Waals surface area contributed by atoms with Crippen molar-refractivity contribution in [2.75, 3.05) is 32.2 Å². The molecule has 0 bridgehead atoms. The van der Waals surface area contributed by atoms with E-state index in [0.29, 0.717) is 24.9 Å². The Morgan fingerprint density at radius 3 is 2.42 bits per heavy atom. The number of hydrogen-bond donors (Lipinski definition) is 2. The largest absolute Gasteiger partial charge is 0.493 e. The first-order valence-electron chi connectivity index (χ1n) is 8.74. The lowest BCUT2D eigenvalue weighted by atomic mass is 10.1. The molecule has 0 aliphatic rings. The Hall–Kier alpha value is -2.47. The van der Waals surface area contributed by atoms with E-state index in [1.54, 1.807) is 7.11 Å². The smallest absolute Gasteiger partial charge is 0.170 e. The van der Waals surface area contributed by atoms with Crippen LogP contribution in [0.25, 0.3) is 0 Å². The zero-order chi connectivity index (χ0) is 18.8. The quantitative estimate of drug-likeness (QED) is 0.647. The number of para-hydroxylation sites is 2. The van der Waals surface area contributed by atoms with Gasteiger partial charge in [-0.2, -0.15) is 0 Å². The minimum atomic E-state index is 0.565. The molecule has 0 aromatic heterocycles. The molecule has 0 saturated carbocycles. The lowest BCUT2D eigenvalue weighted by Gasteiger charge is -2.14. The minimum absolute atomic E-state index is 0.565. The summed E-state index contributed by atoms with van der Waals surface area (Å²) in [6.45, 7) is 5.84. The Kier molecular flexibility index (Phi) is 8.02. The molecule has 0 spiro atoms. The molecule has 0 fully saturated rings. The minimum Gasteiger partial charge on any atom is -0.493 e. The zero-order valence-corrected chi connectivity index (χ0v) is 16.3. The molecule has 6 heteroatoms. The average molecular weight is 375 g/mol. The summed E-state index contributed by atoms with van der Waals surface area (Å²) in [7, 11) is 1.65. The van der Waals surface area contributed by atoms with Gasteiger partial charge in [0, 0.05) is 6.54 Å². The summed E-state index contributed by atoms with van der Waals surface area (Å²) >= 11 is 5.38. The van der Waals surface area contributed by atoms with Crippen LogP contribution in [0, 0.1) is 0 Å². The number of ether oxygens (including phenoxy) is 3. The zero-order valence-electron chi connectivity index (χ0n) is 15.5. The van der Waals surface area contributed by atoms with Crippen LogP contribution in [0.2, 0.25) is 0 Å². The first kappa shape index (κ1) is 19.8. The molecule has 140 valence electrons. The van der Waals surface area contributed by atoms with Crippen LogP contribution in [-0.4, -0.2) is 32.0 Å². The third kappa shape index (κ3) is 5.81. The van der Waals surface area contributed by atoms with Crippen LogP contribution in [0.3, 0.4) is 0 Å². The first-order chi connectivity index (χ1) is 12.7. The van der Waals surface area contributed by atoms with Gasteiger partial charge in [-0.15, -0.1) is 0 Å². The van der Waals surface area contributed by atoms with Gasteiger partial charge in [-0.3, -0.25) is 0 Å². The van der Waals surface area contributed by atoms with Gasteiger partial charge in [-0.1, -0.05) is 18.2 Å². The van der Waals surface area contributed by atoms with Crippen LogP contribution in [0.1, 0.15) is 19.4 Å². The normalized spacial score (nSPS) is 10.1. The van der Waals surface area contributed by atoms with Crippen molar-refractivity contribution in [3.63, 3.8) is 0 Å². The van der Waals surface area contributed by atoms with Crippen molar-refractivity contribution < 1.29 is 14.2 Å². The van der Waals surface area contributed by atoms with Gasteiger partial charge in [0.25, 0.3) is 0 Å². The highest BCUT2D eigenvalue weighted by molar-refractivity contribution is 7.80. The fraction of sp³-hybridized carbons (Fsp3) is 0.350. The van der Waals surface area contributed by atoms with Crippen molar-refractivity contribution in [2.24, 2.45) is 0 Å². The molecule has 2 rings (SSSR count). The Morgan fingerprint density at radius 1 is 0.962 bits per heavy atom. The predicted octanol–water partition coefficient (Wildman–Crippen LogP) is 4.02. The van der Waals surface area contributed by atoms with Crippen LogP contribution >= 0.6 is 12.2 Å². The van der Waals surface area contributed by atoms with Gasteiger partial charge >= 0.3 is 0 Å². The molecule has 0 aliphatic heterocycles. The molecule has 5 nitrogen and oxygen atoms in total. The number of methoxy groups -OCH3 is 1. The standard InChI is InChI=1S/C20H26N2O3S/c1-4-24-17-9-7-6-8-16(17)22-20(26)21-13-12-15-10-11-18(25-5-2)19(14-15)23-3/h6-11,14H,4-5,12-13H2,1-3H3,(H2,21,22,26). The van der Waals surface area contributed by atoms with E-state index in [1.807, 2.05) is 56.3 Å². The fourth-order valence-electron chi connectivity index (χ4n) is 2.48. The van der Waals surface area contributed by atoms with Crippen LogP contribution in [-0.2, 0) is 6.42 Å². The molecule has 2 aromatic carbocycles. The molecular weight excluding hydrogens is 348 g/mol. The number of anilines is 1. The maximum atomic E-state index is 5.59. The molecule has 0 amide bonds. The predicted molar refractivity (Wildman–Crippen MR) is 110 cm³/mol. The van der Waals surface area contributed by atoms with Crippen LogP contribution in [0.5, 0.6) is 17.2 Å². The van der Waals surface area contributed by atoms with Crippen molar-refractivity contribution in [3.05, 3.63) is 48.0 Å². The van der Waals surface area contributed by atoms with Gasteiger partial charge in [0.2, 0.25) is 0 Å². The summed E-state index contributed by atoms with van der Waals surface area (Å²) in [6.07, 6.45) is 0.817. The Morgan fingerprint density at radius 2 is 1.69 bits per heavy atom. The lowest BCUT2D eigenvalue weighted by molar-refractivity contribution is 0.310. The number of rotatable bonds is 9. The topological polar surface area (TPSA) is 51.8 Å². The van der Waals surface area contributed by atoms with E-state index in [9.17, 15) is 0 Å². The molecule has 0 aliphatic carbocycles. The lowest BCUT2D eigenvalue weighted by Crippen LogP contribution is -2.30. The summed E-state index contributed by atoms with van der Waals surface area (Å²) in [6, 6.07) is 13.7. The third-order valence-corrected chi connectivity index (χ3v) is 3.91. The highest BCUT2D eigenvalue weighted by atomic mass is 32.1. The second-order valence-corrected chi connectivity index (χ2v) is 5.89.